The van der Waals surface area contributed by atoms with Crippen molar-refractivity contribution >= 4 is 11.9 Å². The monoisotopic (exact) mass is 202 g/mol. The molecule has 0 aliphatic heterocycles. The second-order valence-electron chi connectivity index (χ2n) is 3.18. The highest BCUT2D eigenvalue weighted by atomic mass is 16.6. The number of hydrogen-bond donors (Lipinski definition) is 0. The van der Waals surface area contributed by atoms with Gasteiger partial charge in [0.1, 0.15) is 12.7 Å². The highest BCUT2D eigenvalue weighted by Crippen LogP contribution is 2.06. The van der Waals surface area contributed by atoms with E-state index in [1.54, 1.807) is 0 Å². The average molecular weight is 202 g/mol. The zero-order valence-corrected chi connectivity index (χ0v) is 9.04. The van der Waals surface area contributed by atoms with Crippen LogP contribution in [0.15, 0.2) is 0 Å². The molecule has 0 saturated heterocycles. The summed E-state index contributed by atoms with van der Waals surface area (Å²) in [5.74, 6) is -0.683. The predicted octanol–water partition coefficient (Wildman–Crippen LogP) is 1.67. The van der Waals surface area contributed by atoms with Gasteiger partial charge < -0.3 is 9.47 Å². The molecule has 0 N–H and O–H groups in total. The molecule has 0 bridgehead atoms. The molecule has 0 aromatic carbocycles. The summed E-state index contributed by atoms with van der Waals surface area (Å²) in [5.41, 5.74) is 0. The summed E-state index contributed by atoms with van der Waals surface area (Å²) >= 11 is 0. The van der Waals surface area contributed by atoms with Crippen LogP contribution in [0.25, 0.3) is 0 Å². The van der Waals surface area contributed by atoms with Crippen LogP contribution in [-0.4, -0.2) is 24.6 Å². The lowest BCUT2D eigenvalue weighted by Gasteiger charge is -2.15. The molecule has 0 aliphatic carbocycles. The van der Waals surface area contributed by atoms with Crippen LogP contribution in [-0.2, 0) is 19.1 Å². The molecule has 0 radical (unpaired) electrons. The lowest BCUT2D eigenvalue weighted by molar-refractivity contribution is -0.156. The van der Waals surface area contributed by atoms with E-state index in [4.69, 9.17) is 9.47 Å². The van der Waals surface area contributed by atoms with Crippen LogP contribution >= 0.6 is 0 Å². The Bertz CT molecular complexity index is 189. The first-order valence-electron chi connectivity index (χ1n) is 4.86. The van der Waals surface area contributed by atoms with Gasteiger partial charge in [0, 0.05) is 13.8 Å². The van der Waals surface area contributed by atoms with Gasteiger partial charge in [-0.25, -0.2) is 0 Å². The lowest BCUT2D eigenvalue weighted by atomic mass is 10.2. The SMILES string of the molecule is CCCCC(COC(C)=O)OC(C)=O. The minimum Gasteiger partial charge on any atom is -0.462 e. The minimum absolute atomic E-state index is 0.162. The fourth-order valence-electron chi connectivity index (χ4n) is 1.05. The molecule has 0 aromatic rings. The molecule has 0 spiro atoms. The van der Waals surface area contributed by atoms with Crippen LogP contribution in [0.3, 0.4) is 0 Å². The zero-order valence-electron chi connectivity index (χ0n) is 9.04. The maximum absolute atomic E-state index is 10.7. The van der Waals surface area contributed by atoms with E-state index in [2.05, 4.69) is 6.92 Å². The molecule has 4 nitrogen and oxygen atoms in total. The number of hydrogen-bond acceptors (Lipinski definition) is 4. The van der Waals surface area contributed by atoms with Crippen molar-refractivity contribution in [2.75, 3.05) is 6.61 Å². The van der Waals surface area contributed by atoms with E-state index < -0.39 is 0 Å². The molecule has 0 aliphatic rings. The van der Waals surface area contributed by atoms with Crippen molar-refractivity contribution in [3.63, 3.8) is 0 Å². The molecule has 0 saturated carbocycles. The highest BCUT2D eigenvalue weighted by molar-refractivity contribution is 5.67. The first-order valence-corrected chi connectivity index (χ1v) is 4.86. The van der Waals surface area contributed by atoms with Crippen LogP contribution in [0.1, 0.15) is 40.0 Å². The summed E-state index contributed by atoms with van der Waals surface area (Å²) in [6.07, 6.45) is 2.43. The summed E-state index contributed by atoms with van der Waals surface area (Å²) in [7, 11) is 0. The summed E-state index contributed by atoms with van der Waals surface area (Å²) in [4.78, 5) is 21.2. The second kappa shape index (κ2) is 7.35. The van der Waals surface area contributed by atoms with Crippen molar-refractivity contribution in [3.05, 3.63) is 0 Å². The van der Waals surface area contributed by atoms with E-state index in [9.17, 15) is 9.59 Å². The molecule has 0 fully saturated rings. The van der Waals surface area contributed by atoms with Gasteiger partial charge in [0.15, 0.2) is 0 Å². The van der Waals surface area contributed by atoms with Crippen molar-refractivity contribution in [2.24, 2.45) is 0 Å². The molecule has 1 atom stereocenters. The second-order valence-corrected chi connectivity index (χ2v) is 3.18. The van der Waals surface area contributed by atoms with Gasteiger partial charge in [-0.1, -0.05) is 13.3 Å². The van der Waals surface area contributed by atoms with E-state index in [1.165, 1.54) is 13.8 Å². The molecule has 0 amide bonds. The number of rotatable bonds is 6. The molecule has 82 valence electrons. The normalized spacial score (nSPS) is 11.9. The average Bonchev–Trinajstić information content (AvgIpc) is 2.09. The molecule has 4 heteroatoms. The van der Waals surface area contributed by atoms with Crippen molar-refractivity contribution in [3.8, 4) is 0 Å². The van der Waals surface area contributed by atoms with Crippen LogP contribution < -0.4 is 0 Å². The van der Waals surface area contributed by atoms with Crippen molar-refractivity contribution in [2.45, 2.75) is 46.1 Å². The van der Waals surface area contributed by atoms with Crippen LogP contribution in [0.2, 0.25) is 0 Å². The van der Waals surface area contributed by atoms with E-state index >= 15 is 0 Å². The topological polar surface area (TPSA) is 52.6 Å². The minimum atomic E-state index is -0.348. The van der Waals surface area contributed by atoms with E-state index in [0.29, 0.717) is 0 Å². The summed E-state index contributed by atoms with van der Waals surface area (Å²) in [6.45, 7) is 4.91. The van der Waals surface area contributed by atoms with E-state index in [0.717, 1.165) is 19.3 Å². The Hall–Kier alpha value is -1.06. The van der Waals surface area contributed by atoms with Gasteiger partial charge in [-0.2, -0.15) is 0 Å². The first kappa shape index (κ1) is 12.9. The molecule has 0 heterocycles. The fourth-order valence-corrected chi connectivity index (χ4v) is 1.05. The Morgan fingerprint density at radius 3 is 2.29 bits per heavy atom. The van der Waals surface area contributed by atoms with Gasteiger partial charge >= 0.3 is 11.9 Å². The molecule has 0 rings (SSSR count). The Labute approximate surface area is 84.6 Å². The Morgan fingerprint density at radius 1 is 1.21 bits per heavy atom. The number of unbranched alkanes of at least 4 members (excludes halogenated alkanes) is 1. The Balaban J connectivity index is 3.83. The quantitative estimate of drug-likeness (QED) is 0.615. The van der Waals surface area contributed by atoms with Crippen LogP contribution in [0.5, 0.6) is 0 Å². The smallest absolute Gasteiger partial charge is 0.303 e. The van der Waals surface area contributed by atoms with Crippen LogP contribution in [0.4, 0.5) is 0 Å². The van der Waals surface area contributed by atoms with Gasteiger partial charge in [-0.3, -0.25) is 9.59 Å². The molecule has 0 aromatic heterocycles. The van der Waals surface area contributed by atoms with Crippen molar-refractivity contribution in [1.29, 1.82) is 0 Å². The fraction of sp³-hybridized carbons (Fsp3) is 0.800. The van der Waals surface area contributed by atoms with E-state index in [-0.39, 0.29) is 24.6 Å². The van der Waals surface area contributed by atoms with Gasteiger partial charge in [0.2, 0.25) is 0 Å². The number of carbonyl (C=O) groups excluding carboxylic acids is 2. The van der Waals surface area contributed by atoms with E-state index in [1.807, 2.05) is 0 Å². The Morgan fingerprint density at radius 2 is 1.86 bits per heavy atom. The third kappa shape index (κ3) is 7.58. The first-order chi connectivity index (χ1) is 6.56. The number of carbonyl (C=O) groups is 2. The number of esters is 2. The standard InChI is InChI=1S/C10H18O4/c1-4-5-6-10(14-9(3)12)7-13-8(2)11/h10H,4-7H2,1-3H3. The van der Waals surface area contributed by atoms with Gasteiger partial charge in [-0.05, 0) is 12.8 Å². The maximum atomic E-state index is 10.7. The molecule has 1 unspecified atom stereocenters. The molecular weight excluding hydrogens is 184 g/mol. The van der Waals surface area contributed by atoms with Crippen LogP contribution in [0, 0.1) is 0 Å². The highest BCUT2D eigenvalue weighted by Gasteiger charge is 2.12. The third-order valence-corrected chi connectivity index (χ3v) is 1.68. The molecular formula is C10H18O4. The third-order valence-electron chi connectivity index (χ3n) is 1.68. The van der Waals surface area contributed by atoms with Crippen molar-refractivity contribution < 1.29 is 19.1 Å². The largest absolute Gasteiger partial charge is 0.462 e. The number of ether oxygens (including phenoxy) is 2. The lowest BCUT2D eigenvalue weighted by Crippen LogP contribution is -2.23. The van der Waals surface area contributed by atoms with Gasteiger partial charge in [0.05, 0.1) is 0 Å². The van der Waals surface area contributed by atoms with Crippen molar-refractivity contribution in [1.82, 2.24) is 0 Å². The van der Waals surface area contributed by atoms with Gasteiger partial charge in [0.25, 0.3) is 0 Å². The summed E-state index contributed by atoms with van der Waals surface area (Å²) in [5, 5.41) is 0. The van der Waals surface area contributed by atoms with Gasteiger partial charge in [-0.15, -0.1) is 0 Å². The maximum Gasteiger partial charge on any atom is 0.303 e. The zero-order chi connectivity index (χ0) is 11.0. The Kier molecular flexibility index (Phi) is 6.80. The summed E-state index contributed by atoms with van der Waals surface area (Å²) in [6, 6.07) is 0. The molecule has 14 heavy (non-hydrogen) atoms. The predicted molar refractivity (Wildman–Crippen MR) is 51.7 cm³/mol. The summed E-state index contributed by atoms with van der Waals surface area (Å²) < 4.78 is 9.77.